The number of hydrogen-bond acceptors (Lipinski definition) is 4. The topological polar surface area (TPSA) is 67.2 Å². The van der Waals surface area contributed by atoms with Gasteiger partial charge in [-0.15, -0.1) is 11.3 Å². The van der Waals surface area contributed by atoms with Gasteiger partial charge >= 0.3 is 0 Å². The van der Waals surface area contributed by atoms with Crippen LogP contribution in [0.25, 0.3) is 0 Å². The first-order chi connectivity index (χ1) is 12.6. The molecule has 1 saturated carbocycles. The minimum absolute atomic E-state index is 0.0344. The van der Waals surface area contributed by atoms with Gasteiger partial charge in [-0.25, -0.2) is 0 Å². The number of aryl methyl sites for hydroxylation is 1. The lowest BCUT2D eigenvalue weighted by atomic mass is 9.86. The van der Waals surface area contributed by atoms with E-state index in [1.165, 1.54) is 24.2 Å². The number of likely N-dealkylation sites (tertiary alicyclic amines) is 1. The fourth-order valence-electron chi connectivity index (χ4n) is 3.58. The van der Waals surface area contributed by atoms with Gasteiger partial charge in [0.05, 0.1) is 4.88 Å². The molecule has 2 aromatic heterocycles. The van der Waals surface area contributed by atoms with E-state index >= 15 is 0 Å². The monoisotopic (exact) mass is 372 g/mol. The van der Waals surface area contributed by atoms with Crippen LogP contribution in [0.5, 0.6) is 0 Å². The molecule has 26 heavy (non-hydrogen) atoms. The van der Waals surface area contributed by atoms with E-state index in [1.54, 1.807) is 10.9 Å². The molecule has 0 bridgehead atoms. The fourth-order valence-corrected chi connectivity index (χ4v) is 4.45. The van der Waals surface area contributed by atoms with Crippen LogP contribution in [-0.2, 0) is 10.3 Å². The van der Waals surface area contributed by atoms with Crippen molar-refractivity contribution >= 4 is 23.2 Å². The van der Waals surface area contributed by atoms with Gasteiger partial charge in [0, 0.05) is 32.0 Å². The molecule has 0 atom stereocenters. The van der Waals surface area contributed by atoms with Crippen LogP contribution >= 0.6 is 11.3 Å². The van der Waals surface area contributed by atoms with Crippen molar-refractivity contribution in [2.45, 2.75) is 38.1 Å². The van der Waals surface area contributed by atoms with Crippen LogP contribution in [0.4, 0.5) is 0 Å². The number of nitrogens with zero attached hydrogens (tertiary/aromatic N) is 3. The average molecular weight is 372 g/mol. The molecule has 0 aromatic carbocycles. The molecule has 6 nitrogen and oxygen atoms in total. The Morgan fingerprint density at radius 3 is 2.69 bits per heavy atom. The molecule has 4 rings (SSSR count). The molecular weight excluding hydrogens is 348 g/mol. The molecule has 0 spiro atoms. The van der Waals surface area contributed by atoms with Crippen LogP contribution in [-0.4, -0.2) is 46.1 Å². The molecule has 1 N–H and O–H groups in total. The number of carbonyl (C=O) groups is 2. The van der Waals surface area contributed by atoms with Crippen molar-refractivity contribution in [2.24, 2.45) is 5.92 Å². The van der Waals surface area contributed by atoms with Gasteiger partial charge in [0.1, 0.15) is 5.54 Å². The van der Waals surface area contributed by atoms with Gasteiger partial charge in [-0.05, 0) is 61.6 Å². The SMILES string of the molecule is Cc1csc(C(=O)N2CCC(C(=O)NCC3CC3)(n3cccn3)CC2)c1. The van der Waals surface area contributed by atoms with E-state index in [0.29, 0.717) is 31.8 Å². The Morgan fingerprint density at radius 2 is 2.12 bits per heavy atom. The lowest BCUT2D eigenvalue weighted by molar-refractivity contribution is -0.133. The van der Waals surface area contributed by atoms with E-state index in [9.17, 15) is 9.59 Å². The maximum absolute atomic E-state index is 13.0. The zero-order chi connectivity index (χ0) is 18.1. The van der Waals surface area contributed by atoms with Gasteiger partial charge in [-0.1, -0.05) is 0 Å². The van der Waals surface area contributed by atoms with E-state index in [1.807, 2.05) is 35.5 Å². The molecular formula is C19H24N4O2S. The minimum atomic E-state index is -0.694. The molecule has 2 aliphatic rings. The Morgan fingerprint density at radius 1 is 1.35 bits per heavy atom. The molecule has 0 radical (unpaired) electrons. The summed E-state index contributed by atoms with van der Waals surface area (Å²) in [6, 6.07) is 3.78. The molecule has 2 fully saturated rings. The summed E-state index contributed by atoms with van der Waals surface area (Å²) in [6.45, 7) is 3.87. The van der Waals surface area contributed by atoms with Crippen LogP contribution in [0.1, 0.15) is 40.9 Å². The van der Waals surface area contributed by atoms with E-state index < -0.39 is 5.54 Å². The van der Waals surface area contributed by atoms with Gasteiger partial charge in [0.25, 0.3) is 5.91 Å². The minimum Gasteiger partial charge on any atom is -0.354 e. The van der Waals surface area contributed by atoms with Crippen molar-refractivity contribution < 1.29 is 9.59 Å². The highest BCUT2D eigenvalue weighted by Crippen LogP contribution is 2.32. The van der Waals surface area contributed by atoms with E-state index in [-0.39, 0.29) is 11.8 Å². The van der Waals surface area contributed by atoms with Crippen molar-refractivity contribution in [1.82, 2.24) is 20.0 Å². The predicted molar refractivity (Wildman–Crippen MR) is 100 cm³/mol. The van der Waals surface area contributed by atoms with Crippen LogP contribution in [0.3, 0.4) is 0 Å². The summed E-state index contributed by atoms with van der Waals surface area (Å²) in [6.07, 6.45) is 7.15. The van der Waals surface area contributed by atoms with Crippen LogP contribution in [0.2, 0.25) is 0 Å². The van der Waals surface area contributed by atoms with E-state index in [2.05, 4.69) is 10.4 Å². The number of rotatable bonds is 5. The van der Waals surface area contributed by atoms with E-state index in [0.717, 1.165) is 17.0 Å². The highest BCUT2D eigenvalue weighted by atomic mass is 32.1. The summed E-state index contributed by atoms with van der Waals surface area (Å²) in [5.41, 5.74) is 0.418. The third-order valence-corrected chi connectivity index (χ3v) is 6.47. The Labute approximate surface area is 157 Å². The zero-order valence-corrected chi connectivity index (χ0v) is 15.8. The van der Waals surface area contributed by atoms with Gasteiger partial charge in [0.2, 0.25) is 5.91 Å². The second-order valence-electron chi connectivity index (χ2n) is 7.42. The molecule has 1 saturated heterocycles. The Hall–Kier alpha value is -2.15. The lowest BCUT2D eigenvalue weighted by Gasteiger charge is -2.40. The molecule has 3 heterocycles. The lowest BCUT2D eigenvalue weighted by Crippen LogP contribution is -2.56. The summed E-state index contributed by atoms with van der Waals surface area (Å²) >= 11 is 1.49. The predicted octanol–water partition coefficient (Wildman–Crippen LogP) is 2.41. The third kappa shape index (κ3) is 3.28. The first-order valence-electron chi connectivity index (χ1n) is 9.21. The highest BCUT2D eigenvalue weighted by Gasteiger charge is 2.45. The Balaban J connectivity index is 1.48. The number of piperidine rings is 1. The van der Waals surface area contributed by atoms with Crippen LogP contribution < -0.4 is 5.32 Å². The largest absolute Gasteiger partial charge is 0.354 e. The van der Waals surface area contributed by atoms with Crippen LogP contribution in [0.15, 0.2) is 29.9 Å². The van der Waals surface area contributed by atoms with Crippen molar-refractivity contribution in [3.05, 3.63) is 40.3 Å². The summed E-state index contributed by atoms with van der Waals surface area (Å²) in [7, 11) is 0. The highest BCUT2D eigenvalue weighted by molar-refractivity contribution is 7.12. The molecule has 2 amide bonds. The van der Waals surface area contributed by atoms with Gasteiger partial charge in [-0.3, -0.25) is 14.3 Å². The number of aromatic nitrogens is 2. The summed E-state index contributed by atoms with van der Waals surface area (Å²) in [4.78, 5) is 28.4. The molecule has 0 unspecified atom stereocenters. The van der Waals surface area contributed by atoms with Gasteiger partial charge < -0.3 is 10.2 Å². The second kappa shape index (κ2) is 6.87. The average Bonchev–Trinajstić information content (AvgIpc) is 3.12. The number of carbonyl (C=O) groups excluding carboxylic acids is 2. The summed E-state index contributed by atoms with van der Waals surface area (Å²) in [5.74, 6) is 0.736. The van der Waals surface area contributed by atoms with Crippen molar-refractivity contribution in [3.63, 3.8) is 0 Å². The summed E-state index contributed by atoms with van der Waals surface area (Å²) in [5, 5.41) is 9.48. The van der Waals surface area contributed by atoms with Crippen LogP contribution in [0, 0.1) is 12.8 Å². The quantitative estimate of drug-likeness (QED) is 0.876. The molecule has 1 aliphatic heterocycles. The normalized spacial score (nSPS) is 19.3. The summed E-state index contributed by atoms with van der Waals surface area (Å²) < 4.78 is 1.78. The van der Waals surface area contributed by atoms with Crippen molar-refractivity contribution in [3.8, 4) is 0 Å². The maximum Gasteiger partial charge on any atom is 0.263 e. The molecule has 7 heteroatoms. The first kappa shape index (κ1) is 17.3. The zero-order valence-electron chi connectivity index (χ0n) is 15.0. The van der Waals surface area contributed by atoms with Gasteiger partial charge in [0.15, 0.2) is 0 Å². The Bertz CT molecular complexity index is 786. The third-order valence-electron chi connectivity index (χ3n) is 5.43. The fraction of sp³-hybridized carbons (Fsp3) is 0.526. The second-order valence-corrected chi connectivity index (χ2v) is 8.33. The Kier molecular flexibility index (Phi) is 4.56. The standard InChI is InChI=1S/C19H24N4O2S/c1-14-11-16(26-13-14)17(24)22-9-5-19(6-10-22,23-8-2-7-21-23)18(25)20-12-15-3-4-15/h2,7-8,11,13,15H,3-6,9-10,12H2,1H3,(H,20,25). The molecule has 2 aromatic rings. The van der Waals surface area contributed by atoms with Crippen molar-refractivity contribution in [2.75, 3.05) is 19.6 Å². The number of hydrogen-bond donors (Lipinski definition) is 1. The number of amides is 2. The van der Waals surface area contributed by atoms with E-state index in [4.69, 9.17) is 0 Å². The number of thiophene rings is 1. The molecule has 1 aliphatic carbocycles. The number of nitrogens with one attached hydrogen (secondary N) is 1. The first-order valence-corrected chi connectivity index (χ1v) is 10.1. The molecule has 138 valence electrons. The smallest absolute Gasteiger partial charge is 0.263 e. The van der Waals surface area contributed by atoms with Crippen molar-refractivity contribution in [1.29, 1.82) is 0 Å². The maximum atomic E-state index is 13.0. The van der Waals surface area contributed by atoms with Gasteiger partial charge in [-0.2, -0.15) is 5.10 Å².